The lowest BCUT2D eigenvalue weighted by molar-refractivity contribution is 0.317. The molecule has 0 fully saturated rings. The van der Waals surface area contributed by atoms with Gasteiger partial charge in [0.15, 0.2) is 0 Å². The summed E-state index contributed by atoms with van der Waals surface area (Å²) in [5, 5.41) is 8.44. The molecule has 0 bridgehead atoms. The molecular formula is C18H22N2O2. The Morgan fingerprint density at radius 3 is 1.32 bits per heavy atom. The van der Waals surface area contributed by atoms with Crippen LogP contribution >= 0.6 is 0 Å². The second-order valence-electron chi connectivity index (χ2n) is 4.88. The van der Waals surface area contributed by atoms with E-state index in [-0.39, 0.29) is 0 Å². The van der Waals surface area contributed by atoms with Crippen LogP contribution in [0, 0.1) is 0 Å². The van der Waals surface area contributed by atoms with Gasteiger partial charge in [-0.15, -0.1) is 0 Å². The van der Waals surface area contributed by atoms with Crippen LogP contribution in [0.4, 0.5) is 11.4 Å². The van der Waals surface area contributed by atoms with Crippen molar-refractivity contribution in [3.05, 3.63) is 48.5 Å². The Kier molecular flexibility index (Phi) is 6.42. The molecule has 2 aromatic carbocycles. The molecular weight excluding hydrogens is 276 g/mol. The molecule has 0 aromatic heterocycles. The molecule has 4 nitrogen and oxygen atoms in total. The summed E-state index contributed by atoms with van der Waals surface area (Å²) >= 11 is 0. The third-order valence-electron chi connectivity index (χ3n) is 2.90. The van der Waals surface area contributed by atoms with E-state index in [4.69, 9.17) is 9.47 Å². The summed E-state index contributed by atoms with van der Waals surface area (Å²) in [6, 6.07) is 15.2. The monoisotopic (exact) mass is 298 g/mol. The first kappa shape index (κ1) is 16.0. The van der Waals surface area contributed by atoms with E-state index >= 15 is 0 Å². The Bertz CT molecular complexity index is 524. The zero-order valence-electron chi connectivity index (χ0n) is 13.2. The molecule has 22 heavy (non-hydrogen) atoms. The van der Waals surface area contributed by atoms with Crippen LogP contribution in [0.3, 0.4) is 0 Å². The fraction of sp³-hybridized carbons (Fsp3) is 0.333. The highest BCUT2D eigenvalue weighted by Crippen LogP contribution is 2.23. The predicted octanol–water partition coefficient (Wildman–Crippen LogP) is 5.68. The van der Waals surface area contributed by atoms with Crippen LogP contribution < -0.4 is 9.47 Å². The van der Waals surface area contributed by atoms with Crippen LogP contribution in [0.5, 0.6) is 11.5 Å². The van der Waals surface area contributed by atoms with Gasteiger partial charge in [-0.2, -0.15) is 10.2 Å². The van der Waals surface area contributed by atoms with Crippen molar-refractivity contribution in [2.45, 2.75) is 26.7 Å². The van der Waals surface area contributed by atoms with E-state index in [0.29, 0.717) is 0 Å². The number of hydrogen-bond donors (Lipinski definition) is 0. The van der Waals surface area contributed by atoms with Gasteiger partial charge in [0.1, 0.15) is 11.5 Å². The van der Waals surface area contributed by atoms with E-state index in [1.54, 1.807) is 0 Å². The van der Waals surface area contributed by atoms with Gasteiger partial charge in [-0.05, 0) is 61.4 Å². The molecule has 2 aromatic rings. The quantitative estimate of drug-likeness (QED) is 0.588. The zero-order chi connectivity index (χ0) is 15.6. The van der Waals surface area contributed by atoms with Crippen molar-refractivity contribution in [1.82, 2.24) is 0 Å². The van der Waals surface area contributed by atoms with E-state index in [9.17, 15) is 0 Å². The molecule has 0 heterocycles. The van der Waals surface area contributed by atoms with Crippen LogP contribution in [0.25, 0.3) is 0 Å². The van der Waals surface area contributed by atoms with Gasteiger partial charge >= 0.3 is 0 Å². The third kappa shape index (κ3) is 5.20. The highest BCUT2D eigenvalue weighted by Gasteiger charge is 1.96. The van der Waals surface area contributed by atoms with E-state index in [2.05, 4.69) is 24.1 Å². The minimum Gasteiger partial charge on any atom is -0.494 e. The maximum Gasteiger partial charge on any atom is 0.119 e. The van der Waals surface area contributed by atoms with Crippen LogP contribution in [0.1, 0.15) is 26.7 Å². The standard InChI is InChI=1S/C18H22N2O2/c1-3-13-21-17-9-5-15(6-10-17)19-20-16-7-11-18(12-8-16)22-14-4-2/h5-12H,3-4,13-14H2,1-2H3. The van der Waals surface area contributed by atoms with Gasteiger partial charge in [0.25, 0.3) is 0 Å². The Morgan fingerprint density at radius 1 is 0.636 bits per heavy atom. The summed E-state index contributed by atoms with van der Waals surface area (Å²) in [5.41, 5.74) is 1.60. The van der Waals surface area contributed by atoms with Crippen LogP contribution in [0.2, 0.25) is 0 Å². The number of hydrogen-bond acceptors (Lipinski definition) is 4. The second-order valence-corrected chi connectivity index (χ2v) is 4.88. The van der Waals surface area contributed by atoms with Gasteiger partial charge in [0.2, 0.25) is 0 Å². The average molecular weight is 298 g/mol. The predicted molar refractivity (Wildman–Crippen MR) is 88.6 cm³/mol. The van der Waals surface area contributed by atoms with E-state index in [1.807, 2.05) is 48.5 Å². The minimum atomic E-state index is 0.729. The molecule has 0 aliphatic carbocycles. The molecule has 0 amide bonds. The Labute approximate surface area is 131 Å². The van der Waals surface area contributed by atoms with Crippen molar-refractivity contribution in [1.29, 1.82) is 0 Å². The molecule has 116 valence electrons. The molecule has 4 heteroatoms. The Morgan fingerprint density at radius 2 is 1.00 bits per heavy atom. The molecule has 0 aliphatic heterocycles. The topological polar surface area (TPSA) is 43.2 Å². The number of benzene rings is 2. The fourth-order valence-electron chi connectivity index (χ4n) is 1.77. The second kappa shape index (κ2) is 8.82. The van der Waals surface area contributed by atoms with E-state index in [0.717, 1.165) is 48.9 Å². The third-order valence-corrected chi connectivity index (χ3v) is 2.90. The number of rotatable bonds is 8. The molecule has 0 radical (unpaired) electrons. The first-order valence-electron chi connectivity index (χ1n) is 7.69. The maximum atomic E-state index is 5.53. The highest BCUT2D eigenvalue weighted by molar-refractivity contribution is 5.44. The fourth-order valence-corrected chi connectivity index (χ4v) is 1.77. The summed E-state index contributed by atoms with van der Waals surface area (Å²) in [7, 11) is 0. The van der Waals surface area contributed by atoms with Crippen molar-refractivity contribution in [3.8, 4) is 11.5 Å². The molecule has 0 unspecified atom stereocenters. The highest BCUT2D eigenvalue weighted by atomic mass is 16.5. The smallest absolute Gasteiger partial charge is 0.119 e. The van der Waals surface area contributed by atoms with Gasteiger partial charge in [-0.1, -0.05) is 13.8 Å². The molecule has 0 saturated carbocycles. The minimum absolute atomic E-state index is 0.729. The summed E-state index contributed by atoms with van der Waals surface area (Å²) in [6.07, 6.45) is 2.00. The van der Waals surface area contributed by atoms with Crippen molar-refractivity contribution >= 4 is 11.4 Å². The van der Waals surface area contributed by atoms with Crippen LogP contribution in [-0.2, 0) is 0 Å². The van der Waals surface area contributed by atoms with Crippen molar-refractivity contribution in [2.75, 3.05) is 13.2 Å². The normalized spacial score (nSPS) is 10.8. The van der Waals surface area contributed by atoms with Gasteiger partial charge in [-0.3, -0.25) is 0 Å². The van der Waals surface area contributed by atoms with Crippen molar-refractivity contribution < 1.29 is 9.47 Å². The van der Waals surface area contributed by atoms with Crippen LogP contribution in [0.15, 0.2) is 58.8 Å². The van der Waals surface area contributed by atoms with Gasteiger partial charge in [-0.25, -0.2) is 0 Å². The number of nitrogens with zero attached hydrogens (tertiary/aromatic N) is 2. The van der Waals surface area contributed by atoms with E-state index in [1.165, 1.54) is 0 Å². The molecule has 0 saturated heterocycles. The zero-order valence-corrected chi connectivity index (χ0v) is 13.2. The van der Waals surface area contributed by atoms with Crippen molar-refractivity contribution in [3.63, 3.8) is 0 Å². The number of ether oxygens (including phenoxy) is 2. The largest absolute Gasteiger partial charge is 0.494 e. The van der Waals surface area contributed by atoms with Crippen molar-refractivity contribution in [2.24, 2.45) is 10.2 Å². The lowest BCUT2D eigenvalue weighted by Gasteiger charge is -2.04. The summed E-state index contributed by atoms with van der Waals surface area (Å²) < 4.78 is 11.1. The van der Waals surface area contributed by atoms with Gasteiger partial charge < -0.3 is 9.47 Å². The van der Waals surface area contributed by atoms with E-state index < -0.39 is 0 Å². The lowest BCUT2D eigenvalue weighted by Crippen LogP contribution is -1.93. The van der Waals surface area contributed by atoms with Crippen LogP contribution in [-0.4, -0.2) is 13.2 Å². The molecule has 0 aliphatic rings. The number of azo groups is 1. The molecule has 2 rings (SSSR count). The van der Waals surface area contributed by atoms with Gasteiger partial charge in [0.05, 0.1) is 24.6 Å². The average Bonchev–Trinajstić information content (AvgIpc) is 2.58. The molecule has 0 atom stereocenters. The Balaban J connectivity index is 1.93. The summed E-state index contributed by atoms with van der Waals surface area (Å²) in [6.45, 7) is 5.63. The first-order chi connectivity index (χ1) is 10.8. The summed E-state index contributed by atoms with van der Waals surface area (Å²) in [5.74, 6) is 1.72. The molecule has 0 spiro atoms. The molecule has 0 N–H and O–H groups in total. The Hall–Kier alpha value is -2.36. The maximum absolute atomic E-state index is 5.53. The summed E-state index contributed by atoms with van der Waals surface area (Å²) in [4.78, 5) is 0. The first-order valence-corrected chi connectivity index (χ1v) is 7.69. The van der Waals surface area contributed by atoms with Gasteiger partial charge in [0, 0.05) is 0 Å². The SMILES string of the molecule is CCCOc1ccc(N=Nc2ccc(OCCC)cc2)cc1. The lowest BCUT2D eigenvalue weighted by atomic mass is 10.3.